The molecule has 0 saturated heterocycles. The number of benzene rings is 2. The third kappa shape index (κ3) is 6.04. The highest BCUT2D eigenvalue weighted by molar-refractivity contribution is 7.90. The number of fused-ring (bicyclic) bond motifs is 1. The Bertz CT molecular complexity index is 1200. The Hall–Kier alpha value is -3.53. The molecule has 0 spiro atoms. The van der Waals surface area contributed by atoms with Crippen LogP contribution in [0.5, 0.6) is 0 Å². The molecule has 174 valence electrons. The molecule has 0 fully saturated rings. The molecule has 0 aliphatic carbocycles. The summed E-state index contributed by atoms with van der Waals surface area (Å²) >= 11 is 0. The summed E-state index contributed by atoms with van der Waals surface area (Å²) in [5, 5.41) is 2.75. The second-order valence-corrected chi connectivity index (χ2v) is 9.66. The molecule has 1 atom stereocenters. The number of anilines is 1. The monoisotopic (exact) mass is 471 g/mol. The molecule has 3 rings (SSSR count). The SMILES string of the molecule is CC(C)CC(=O)Nc1ccc(C(=O)COC(=O)[C@@H](C)N=C2NS(=O)(=O)c3ccccc32)cc1. The normalized spacial score (nSPS) is 16.1. The van der Waals surface area contributed by atoms with Crippen LogP contribution in [0.2, 0.25) is 0 Å². The number of hydrogen-bond acceptors (Lipinski definition) is 7. The predicted molar refractivity (Wildman–Crippen MR) is 123 cm³/mol. The zero-order chi connectivity index (χ0) is 24.2. The van der Waals surface area contributed by atoms with Gasteiger partial charge in [-0.1, -0.05) is 26.0 Å². The average Bonchev–Trinajstić information content (AvgIpc) is 3.01. The van der Waals surface area contributed by atoms with Crippen LogP contribution in [0.15, 0.2) is 58.4 Å². The van der Waals surface area contributed by atoms with Crippen molar-refractivity contribution in [3.63, 3.8) is 0 Å². The number of hydrogen-bond donors (Lipinski definition) is 2. The molecule has 2 aromatic rings. The molecule has 2 aromatic carbocycles. The van der Waals surface area contributed by atoms with Gasteiger partial charge in [0.2, 0.25) is 5.91 Å². The number of amidine groups is 1. The van der Waals surface area contributed by atoms with E-state index in [0.29, 0.717) is 23.2 Å². The minimum Gasteiger partial charge on any atom is -0.456 e. The van der Waals surface area contributed by atoms with Crippen molar-refractivity contribution < 1.29 is 27.5 Å². The maximum atomic E-state index is 12.4. The van der Waals surface area contributed by atoms with Crippen LogP contribution < -0.4 is 10.0 Å². The molecule has 1 aliphatic heterocycles. The fourth-order valence-electron chi connectivity index (χ4n) is 3.14. The summed E-state index contributed by atoms with van der Waals surface area (Å²) in [6, 6.07) is 11.5. The molecule has 10 heteroatoms. The van der Waals surface area contributed by atoms with E-state index in [9.17, 15) is 22.8 Å². The number of nitrogens with one attached hydrogen (secondary N) is 2. The largest absolute Gasteiger partial charge is 0.456 e. The number of rotatable bonds is 8. The molecular formula is C23H25N3O6S. The summed E-state index contributed by atoms with van der Waals surface area (Å²) in [6.45, 7) is 4.85. The molecule has 1 aliphatic rings. The van der Waals surface area contributed by atoms with E-state index < -0.39 is 34.4 Å². The smallest absolute Gasteiger partial charge is 0.331 e. The first-order valence-corrected chi connectivity index (χ1v) is 11.8. The van der Waals surface area contributed by atoms with Crippen molar-refractivity contribution in [3.8, 4) is 0 Å². The summed E-state index contributed by atoms with van der Waals surface area (Å²) in [7, 11) is -3.72. The van der Waals surface area contributed by atoms with Crippen molar-refractivity contribution in [2.45, 2.75) is 38.1 Å². The second-order valence-electron chi connectivity index (χ2n) is 8.01. The van der Waals surface area contributed by atoms with Gasteiger partial charge in [-0.3, -0.25) is 19.3 Å². The fraction of sp³-hybridized carbons (Fsp3) is 0.304. The van der Waals surface area contributed by atoms with Crippen LogP contribution in [0.3, 0.4) is 0 Å². The molecule has 1 heterocycles. The van der Waals surface area contributed by atoms with Crippen molar-refractivity contribution in [2.75, 3.05) is 11.9 Å². The minimum atomic E-state index is -3.72. The highest BCUT2D eigenvalue weighted by atomic mass is 32.2. The van der Waals surface area contributed by atoms with E-state index in [1.54, 1.807) is 30.3 Å². The first kappa shape index (κ1) is 24.1. The Morgan fingerprint density at radius 3 is 2.36 bits per heavy atom. The molecule has 0 unspecified atom stereocenters. The number of ketones is 1. The Kier molecular flexibility index (Phi) is 7.27. The van der Waals surface area contributed by atoms with Gasteiger partial charge in [0, 0.05) is 23.2 Å². The summed E-state index contributed by atoms with van der Waals surface area (Å²) in [4.78, 5) is 40.7. The molecular weight excluding hydrogens is 446 g/mol. The van der Waals surface area contributed by atoms with Crippen molar-refractivity contribution in [3.05, 3.63) is 59.7 Å². The van der Waals surface area contributed by atoms with E-state index in [4.69, 9.17) is 4.74 Å². The number of ether oxygens (including phenoxy) is 1. The highest BCUT2D eigenvalue weighted by Crippen LogP contribution is 2.22. The number of aliphatic imine (C=N–C) groups is 1. The van der Waals surface area contributed by atoms with Gasteiger partial charge in [0.05, 0.1) is 4.90 Å². The average molecular weight is 472 g/mol. The number of amides is 1. The molecule has 9 nitrogen and oxygen atoms in total. The van der Waals surface area contributed by atoms with Crippen LogP contribution >= 0.6 is 0 Å². The Morgan fingerprint density at radius 1 is 1.03 bits per heavy atom. The number of Topliss-reactive ketones (excluding diaryl/α,β-unsaturated/α-hetero) is 1. The minimum absolute atomic E-state index is 0.0523. The van der Waals surface area contributed by atoms with Crippen molar-refractivity contribution >= 4 is 39.2 Å². The Labute approximate surface area is 192 Å². The second kappa shape index (κ2) is 9.95. The van der Waals surface area contributed by atoms with E-state index in [2.05, 4.69) is 15.0 Å². The standard InChI is InChI=1S/C23H25N3O6S/c1-14(2)12-21(28)25-17-10-8-16(9-11-17)19(27)13-32-23(29)15(3)24-22-18-6-4-5-7-20(18)33(30,31)26-22/h4-11,14-15H,12-13H2,1-3H3,(H,24,26)(H,25,28)/t15-/m1/s1. The molecule has 2 N–H and O–H groups in total. The van der Waals surface area contributed by atoms with Gasteiger partial charge in [0.1, 0.15) is 11.9 Å². The Morgan fingerprint density at radius 2 is 1.70 bits per heavy atom. The number of sulfonamides is 1. The summed E-state index contributed by atoms with van der Waals surface area (Å²) < 4.78 is 31.7. The van der Waals surface area contributed by atoms with Gasteiger partial charge in [-0.15, -0.1) is 0 Å². The van der Waals surface area contributed by atoms with Crippen LogP contribution in [0, 0.1) is 5.92 Å². The van der Waals surface area contributed by atoms with Crippen molar-refractivity contribution in [1.29, 1.82) is 0 Å². The van der Waals surface area contributed by atoms with Gasteiger partial charge in [-0.05, 0) is 49.2 Å². The topological polar surface area (TPSA) is 131 Å². The summed E-state index contributed by atoms with van der Waals surface area (Å²) in [5.41, 5.74) is 1.26. The maximum absolute atomic E-state index is 12.4. The van der Waals surface area contributed by atoms with Gasteiger partial charge in [-0.2, -0.15) is 0 Å². The zero-order valence-corrected chi connectivity index (χ0v) is 19.3. The lowest BCUT2D eigenvalue weighted by molar-refractivity contribution is -0.143. The number of esters is 1. The zero-order valence-electron chi connectivity index (χ0n) is 18.5. The van der Waals surface area contributed by atoms with Crippen molar-refractivity contribution in [2.24, 2.45) is 10.9 Å². The quantitative estimate of drug-likeness (QED) is 0.449. The first-order chi connectivity index (χ1) is 15.6. The molecule has 0 saturated carbocycles. The lowest BCUT2D eigenvalue weighted by atomic mass is 10.1. The van der Waals surface area contributed by atoms with Gasteiger partial charge in [0.15, 0.2) is 12.4 Å². The van der Waals surface area contributed by atoms with E-state index in [0.717, 1.165) is 0 Å². The summed E-state index contributed by atoms with van der Waals surface area (Å²) in [6.07, 6.45) is 0.395. The molecule has 33 heavy (non-hydrogen) atoms. The van der Waals surface area contributed by atoms with E-state index in [-0.39, 0.29) is 22.6 Å². The number of carbonyl (C=O) groups excluding carboxylic acids is 3. The molecule has 0 aromatic heterocycles. The molecule has 0 bridgehead atoms. The number of nitrogens with zero attached hydrogens (tertiary/aromatic N) is 1. The maximum Gasteiger partial charge on any atom is 0.331 e. The van der Waals surface area contributed by atoms with Gasteiger partial charge >= 0.3 is 5.97 Å². The van der Waals surface area contributed by atoms with Crippen LogP contribution in [-0.4, -0.2) is 44.6 Å². The molecule has 1 amide bonds. The first-order valence-electron chi connectivity index (χ1n) is 10.4. The molecule has 0 radical (unpaired) electrons. The Balaban J connectivity index is 1.57. The van der Waals surface area contributed by atoms with E-state index in [1.165, 1.54) is 25.1 Å². The summed E-state index contributed by atoms with van der Waals surface area (Å²) in [5.74, 6) is -1.01. The predicted octanol–water partition coefficient (Wildman–Crippen LogP) is 2.52. The van der Waals surface area contributed by atoms with Crippen LogP contribution in [0.1, 0.15) is 43.1 Å². The number of carbonyl (C=O) groups is 3. The van der Waals surface area contributed by atoms with Crippen LogP contribution in [-0.2, 0) is 24.3 Å². The van der Waals surface area contributed by atoms with Crippen LogP contribution in [0.25, 0.3) is 0 Å². The van der Waals surface area contributed by atoms with Gasteiger partial charge in [0.25, 0.3) is 10.0 Å². The lowest BCUT2D eigenvalue weighted by Crippen LogP contribution is -2.27. The lowest BCUT2D eigenvalue weighted by Gasteiger charge is -2.10. The van der Waals surface area contributed by atoms with Gasteiger partial charge in [-0.25, -0.2) is 13.2 Å². The van der Waals surface area contributed by atoms with Crippen LogP contribution in [0.4, 0.5) is 5.69 Å². The third-order valence-electron chi connectivity index (χ3n) is 4.76. The van der Waals surface area contributed by atoms with Gasteiger partial charge < -0.3 is 10.1 Å². The fourth-order valence-corrected chi connectivity index (χ4v) is 4.38. The third-order valence-corrected chi connectivity index (χ3v) is 6.15. The van der Waals surface area contributed by atoms with E-state index >= 15 is 0 Å². The van der Waals surface area contributed by atoms with Crippen molar-refractivity contribution in [1.82, 2.24) is 4.72 Å². The highest BCUT2D eigenvalue weighted by Gasteiger charge is 2.31. The van der Waals surface area contributed by atoms with E-state index in [1.807, 2.05) is 13.8 Å².